The van der Waals surface area contributed by atoms with Gasteiger partial charge in [0.2, 0.25) is 5.82 Å². The van der Waals surface area contributed by atoms with E-state index in [2.05, 4.69) is 10.2 Å². The summed E-state index contributed by atoms with van der Waals surface area (Å²) < 4.78 is 13.5. The molecule has 0 unspecified atom stereocenters. The highest BCUT2D eigenvalue weighted by atomic mass is 19.1. The minimum atomic E-state index is -1.15. The van der Waals surface area contributed by atoms with E-state index in [9.17, 15) is 24.6 Å². The molecule has 0 fully saturated rings. The van der Waals surface area contributed by atoms with Gasteiger partial charge in [-0.2, -0.15) is 9.50 Å². The van der Waals surface area contributed by atoms with Crippen molar-refractivity contribution < 1.29 is 14.2 Å². The first-order chi connectivity index (χ1) is 7.90. The molecule has 0 aliphatic heterocycles. The summed E-state index contributed by atoms with van der Waals surface area (Å²) in [5, 5.41) is 27.9. The molecule has 0 N–H and O–H groups in total. The average molecular weight is 242 g/mol. The second kappa shape index (κ2) is 4.60. The maximum atomic E-state index is 13.5. The van der Waals surface area contributed by atoms with Crippen molar-refractivity contribution in [1.82, 2.24) is 0 Å². The van der Waals surface area contributed by atoms with E-state index in [1.807, 2.05) is 0 Å². The van der Waals surface area contributed by atoms with Crippen molar-refractivity contribution in [3.63, 3.8) is 0 Å². The van der Waals surface area contributed by atoms with Crippen molar-refractivity contribution in [3.8, 4) is 0 Å². The lowest BCUT2D eigenvalue weighted by molar-refractivity contribution is -0.395. The Hall–Kier alpha value is -2.45. The van der Waals surface area contributed by atoms with Crippen LogP contribution in [0.4, 0.5) is 21.5 Å². The molecule has 9 heteroatoms. The van der Waals surface area contributed by atoms with E-state index in [1.54, 1.807) is 0 Å². The second-order valence-corrected chi connectivity index (χ2v) is 3.02. The molecule has 1 aromatic carbocycles. The number of benzene rings is 1. The lowest BCUT2D eigenvalue weighted by Crippen LogP contribution is -1.99. The summed E-state index contributed by atoms with van der Waals surface area (Å²) in [7, 11) is 1.25. The van der Waals surface area contributed by atoms with Crippen LogP contribution in [0.2, 0.25) is 0 Å². The molecule has 0 aliphatic rings. The number of halogens is 1. The molecule has 0 spiro atoms. The summed E-state index contributed by atoms with van der Waals surface area (Å²) in [6, 6.07) is 0.534. The predicted molar refractivity (Wildman–Crippen MR) is 54.9 cm³/mol. The fraction of sp³-hybridized carbons (Fsp3) is 0.250. The molecule has 0 heterocycles. The monoisotopic (exact) mass is 242 g/mol. The van der Waals surface area contributed by atoms with Crippen LogP contribution in [0.3, 0.4) is 0 Å². The van der Waals surface area contributed by atoms with E-state index in [1.165, 1.54) is 14.0 Å². The Balaban J connectivity index is 3.68. The Kier molecular flexibility index (Phi) is 3.41. The van der Waals surface area contributed by atoms with E-state index < -0.39 is 27.0 Å². The Bertz CT molecular complexity index is 529. The van der Waals surface area contributed by atoms with Gasteiger partial charge in [0.25, 0.3) is 0 Å². The summed E-state index contributed by atoms with van der Waals surface area (Å²) in [6.07, 6.45) is 0. The predicted octanol–water partition coefficient (Wildman–Crippen LogP) is 2.66. The summed E-state index contributed by atoms with van der Waals surface area (Å²) in [5.41, 5.74) is -2.21. The van der Waals surface area contributed by atoms with Crippen molar-refractivity contribution in [3.05, 3.63) is 37.7 Å². The molecule has 0 saturated carbocycles. The van der Waals surface area contributed by atoms with Gasteiger partial charge in [-0.1, -0.05) is 0 Å². The summed E-state index contributed by atoms with van der Waals surface area (Å²) in [4.78, 5) is 19.3. The Morgan fingerprint density at radius 1 is 1.24 bits per heavy atom. The van der Waals surface area contributed by atoms with E-state index in [4.69, 9.17) is 0 Å². The van der Waals surface area contributed by atoms with Gasteiger partial charge in [-0.25, -0.2) is 0 Å². The first kappa shape index (κ1) is 12.6. The molecule has 0 saturated heterocycles. The third kappa shape index (κ3) is 2.22. The molecule has 17 heavy (non-hydrogen) atoms. The molecule has 0 aromatic heterocycles. The molecule has 90 valence electrons. The number of hydrogen-bond acceptors (Lipinski definition) is 6. The molecule has 0 aliphatic carbocycles. The third-order valence-corrected chi connectivity index (χ3v) is 2.02. The molecule has 0 radical (unpaired) electrons. The second-order valence-electron chi connectivity index (χ2n) is 3.02. The molecule has 1 rings (SSSR count). The lowest BCUT2D eigenvalue weighted by atomic mass is 10.1. The summed E-state index contributed by atoms with van der Waals surface area (Å²) in [5.74, 6) is -1.15. The molecule has 0 bridgehead atoms. The zero-order valence-electron chi connectivity index (χ0n) is 8.88. The first-order valence-corrected chi connectivity index (χ1v) is 4.31. The van der Waals surface area contributed by atoms with Crippen LogP contribution >= 0.6 is 0 Å². The van der Waals surface area contributed by atoms with Crippen LogP contribution in [0.15, 0.2) is 16.3 Å². The largest absolute Gasteiger partial charge is 0.312 e. The summed E-state index contributed by atoms with van der Waals surface area (Å²) in [6.45, 7) is 1.17. The average Bonchev–Trinajstić information content (AvgIpc) is 2.24. The van der Waals surface area contributed by atoms with Gasteiger partial charge in [0.05, 0.1) is 15.9 Å². The van der Waals surface area contributed by atoms with Crippen LogP contribution in [0, 0.1) is 33.0 Å². The van der Waals surface area contributed by atoms with E-state index in [0.717, 1.165) is 0 Å². The van der Waals surface area contributed by atoms with E-state index >= 15 is 0 Å². The quantitative estimate of drug-likeness (QED) is 0.460. The molecule has 0 atom stereocenters. The fourth-order valence-electron chi connectivity index (χ4n) is 1.25. The number of nitro groups is 2. The summed E-state index contributed by atoms with van der Waals surface area (Å²) >= 11 is 0. The number of nitro benzene ring substituents is 2. The number of nitrogens with zero attached hydrogens (tertiary/aromatic N) is 4. The number of hydrogen-bond donors (Lipinski definition) is 0. The van der Waals surface area contributed by atoms with Crippen molar-refractivity contribution in [2.24, 2.45) is 10.2 Å². The van der Waals surface area contributed by atoms with Gasteiger partial charge in [-0.3, -0.25) is 20.2 Å². The number of rotatable bonds is 3. The molecular weight excluding hydrogens is 235 g/mol. The van der Waals surface area contributed by atoms with Gasteiger partial charge >= 0.3 is 11.4 Å². The fourth-order valence-corrected chi connectivity index (χ4v) is 1.25. The highest BCUT2D eigenvalue weighted by molar-refractivity contribution is 5.67. The Labute approximate surface area is 94.1 Å². The third-order valence-electron chi connectivity index (χ3n) is 2.02. The SMILES string of the molecule is C/N=N/c1c([N+](=O)[O-])cc([N+](=O)[O-])c(F)c1C. The van der Waals surface area contributed by atoms with Crippen molar-refractivity contribution in [2.45, 2.75) is 6.92 Å². The topological polar surface area (TPSA) is 111 Å². The van der Waals surface area contributed by atoms with Gasteiger partial charge in [-0.15, -0.1) is 5.11 Å². The Morgan fingerprint density at radius 2 is 1.76 bits per heavy atom. The van der Waals surface area contributed by atoms with Gasteiger partial charge in [0.15, 0.2) is 5.69 Å². The van der Waals surface area contributed by atoms with Crippen molar-refractivity contribution in [1.29, 1.82) is 0 Å². The molecular formula is C8H7FN4O4. The van der Waals surface area contributed by atoms with E-state index in [0.29, 0.717) is 6.07 Å². The van der Waals surface area contributed by atoms with Gasteiger partial charge in [0.1, 0.15) is 0 Å². The van der Waals surface area contributed by atoms with Gasteiger partial charge < -0.3 is 0 Å². The normalized spacial score (nSPS) is 10.8. The van der Waals surface area contributed by atoms with Crippen LogP contribution in [0.25, 0.3) is 0 Å². The zero-order chi connectivity index (χ0) is 13.2. The number of azo groups is 1. The maximum Gasteiger partial charge on any atom is 0.312 e. The molecule has 8 nitrogen and oxygen atoms in total. The van der Waals surface area contributed by atoms with Crippen LogP contribution in [-0.4, -0.2) is 16.9 Å². The van der Waals surface area contributed by atoms with Crippen LogP contribution in [-0.2, 0) is 0 Å². The minimum Gasteiger partial charge on any atom is -0.258 e. The highest BCUT2D eigenvalue weighted by Crippen LogP contribution is 2.37. The Morgan fingerprint density at radius 3 is 2.18 bits per heavy atom. The van der Waals surface area contributed by atoms with Crippen molar-refractivity contribution in [2.75, 3.05) is 7.05 Å². The molecule has 0 amide bonds. The highest BCUT2D eigenvalue weighted by Gasteiger charge is 2.28. The van der Waals surface area contributed by atoms with Crippen LogP contribution < -0.4 is 0 Å². The maximum absolute atomic E-state index is 13.5. The smallest absolute Gasteiger partial charge is 0.258 e. The first-order valence-electron chi connectivity index (χ1n) is 4.31. The van der Waals surface area contributed by atoms with Gasteiger partial charge in [-0.05, 0) is 6.92 Å². The lowest BCUT2D eigenvalue weighted by Gasteiger charge is -2.02. The van der Waals surface area contributed by atoms with Crippen LogP contribution in [0.5, 0.6) is 0 Å². The standard InChI is InChI=1S/C8H7FN4O4/c1-4-7(9)5(12(14)15)3-6(13(16)17)8(4)11-10-2/h3H,1-2H3/b11-10+. The molecule has 1 aromatic rings. The van der Waals surface area contributed by atoms with Crippen molar-refractivity contribution >= 4 is 17.1 Å². The van der Waals surface area contributed by atoms with Crippen LogP contribution in [0.1, 0.15) is 5.56 Å². The van der Waals surface area contributed by atoms with Gasteiger partial charge in [0, 0.05) is 12.6 Å². The minimum absolute atomic E-state index is 0.281. The van der Waals surface area contributed by atoms with E-state index in [-0.39, 0.29) is 11.3 Å². The zero-order valence-corrected chi connectivity index (χ0v) is 8.88.